The van der Waals surface area contributed by atoms with Crippen LogP contribution in [-0.4, -0.2) is 29.6 Å². The lowest BCUT2D eigenvalue weighted by atomic mass is 10.0. The fourth-order valence-electron chi connectivity index (χ4n) is 2.49. The van der Waals surface area contributed by atoms with Crippen molar-refractivity contribution >= 4 is 22.4 Å². The van der Waals surface area contributed by atoms with Crippen LogP contribution < -0.4 is 11.1 Å². The molecule has 112 valence electrons. The smallest absolute Gasteiger partial charge is 0.147 e. The minimum Gasteiger partial charge on any atom is -0.385 e. The standard InChI is InChI=1S/C15H20N4OS/c1-20-8-6-15(4-5-15)10-18-14-12(13(16)19-21-14)11-3-2-7-17-9-11/h2-3,7,9,18H,4-6,8,10H2,1H3,(H2,16,19). The van der Waals surface area contributed by atoms with E-state index in [4.69, 9.17) is 10.5 Å². The van der Waals surface area contributed by atoms with Gasteiger partial charge in [-0.15, -0.1) is 0 Å². The molecule has 2 aromatic heterocycles. The zero-order valence-corrected chi connectivity index (χ0v) is 12.9. The van der Waals surface area contributed by atoms with Gasteiger partial charge in [-0.3, -0.25) is 4.98 Å². The molecule has 0 aromatic carbocycles. The number of nitrogens with two attached hydrogens (primary N) is 1. The number of methoxy groups -OCH3 is 1. The Hall–Kier alpha value is -1.66. The van der Waals surface area contributed by atoms with E-state index in [1.165, 1.54) is 24.4 Å². The van der Waals surface area contributed by atoms with Gasteiger partial charge >= 0.3 is 0 Å². The van der Waals surface area contributed by atoms with Crippen molar-refractivity contribution in [3.05, 3.63) is 24.5 Å². The molecule has 5 nitrogen and oxygen atoms in total. The van der Waals surface area contributed by atoms with Gasteiger partial charge in [0.05, 0.1) is 5.56 Å². The van der Waals surface area contributed by atoms with E-state index in [-0.39, 0.29) is 0 Å². The molecule has 1 saturated carbocycles. The Morgan fingerprint density at radius 2 is 2.33 bits per heavy atom. The predicted octanol–water partition coefficient (Wildman–Crippen LogP) is 3.02. The Morgan fingerprint density at radius 3 is 3.00 bits per heavy atom. The molecule has 0 amide bonds. The zero-order chi connectivity index (χ0) is 14.7. The molecule has 0 spiro atoms. The first-order valence-corrected chi connectivity index (χ1v) is 7.90. The lowest BCUT2D eigenvalue weighted by Gasteiger charge is -2.16. The highest BCUT2D eigenvalue weighted by atomic mass is 32.1. The van der Waals surface area contributed by atoms with Crippen LogP contribution in [0, 0.1) is 5.41 Å². The third kappa shape index (κ3) is 3.16. The average molecular weight is 304 g/mol. The molecule has 0 aliphatic heterocycles. The van der Waals surface area contributed by atoms with Gasteiger partial charge in [0.2, 0.25) is 0 Å². The molecule has 6 heteroatoms. The normalized spacial score (nSPS) is 15.9. The quantitative estimate of drug-likeness (QED) is 0.822. The molecule has 1 fully saturated rings. The Morgan fingerprint density at radius 1 is 1.48 bits per heavy atom. The molecule has 0 unspecified atom stereocenters. The van der Waals surface area contributed by atoms with Crippen LogP contribution in [0.5, 0.6) is 0 Å². The minimum absolute atomic E-state index is 0.390. The van der Waals surface area contributed by atoms with Gasteiger partial charge in [-0.2, -0.15) is 4.37 Å². The van der Waals surface area contributed by atoms with Crippen LogP contribution in [0.2, 0.25) is 0 Å². The first kappa shape index (κ1) is 14.3. The van der Waals surface area contributed by atoms with Crippen molar-refractivity contribution in [1.82, 2.24) is 9.36 Å². The summed E-state index contributed by atoms with van der Waals surface area (Å²) >= 11 is 1.42. The second kappa shape index (κ2) is 5.99. The highest BCUT2D eigenvalue weighted by molar-refractivity contribution is 7.11. The van der Waals surface area contributed by atoms with E-state index in [9.17, 15) is 0 Å². The predicted molar refractivity (Wildman–Crippen MR) is 86.4 cm³/mol. The van der Waals surface area contributed by atoms with Crippen LogP contribution in [0.15, 0.2) is 24.5 Å². The molecule has 1 aliphatic carbocycles. The fourth-order valence-corrected chi connectivity index (χ4v) is 3.22. The number of nitrogens with zero attached hydrogens (tertiary/aromatic N) is 2. The molecule has 0 bridgehead atoms. The Labute approximate surface area is 128 Å². The van der Waals surface area contributed by atoms with Crippen LogP contribution in [-0.2, 0) is 4.74 Å². The number of pyridine rings is 1. The molecule has 21 heavy (non-hydrogen) atoms. The largest absolute Gasteiger partial charge is 0.385 e. The average Bonchev–Trinajstić information content (AvgIpc) is 3.20. The van der Waals surface area contributed by atoms with Crippen molar-refractivity contribution < 1.29 is 4.74 Å². The highest BCUT2D eigenvalue weighted by Gasteiger charge is 2.41. The van der Waals surface area contributed by atoms with Crippen molar-refractivity contribution in [2.45, 2.75) is 19.3 Å². The first-order chi connectivity index (χ1) is 10.2. The molecule has 0 radical (unpaired) electrons. The van der Waals surface area contributed by atoms with Crippen molar-refractivity contribution in [3.8, 4) is 11.1 Å². The topological polar surface area (TPSA) is 73.1 Å². The second-order valence-corrected chi connectivity index (χ2v) is 6.38. The number of ether oxygens (including phenoxy) is 1. The third-order valence-corrected chi connectivity index (χ3v) is 4.91. The van der Waals surface area contributed by atoms with E-state index in [1.54, 1.807) is 13.3 Å². The summed E-state index contributed by atoms with van der Waals surface area (Å²) in [6, 6.07) is 3.92. The van der Waals surface area contributed by atoms with Gasteiger partial charge in [-0.25, -0.2) is 0 Å². The van der Waals surface area contributed by atoms with Crippen molar-refractivity contribution in [1.29, 1.82) is 0 Å². The molecule has 0 saturated heterocycles. The Bertz CT molecular complexity index is 595. The van der Waals surface area contributed by atoms with E-state index in [2.05, 4.69) is 14.7 Å². The van der Waals surface area contributed by atoms with Gasteiger partial charge < -0.3 is 15.8 Å². The number of aromatic nitrogens is 2. The molecule has 3 N–H and O–H groups in total. The summed E-state index contributed by atoms with van der Waals surface area (Å²) in [5.41, 5.74) is 8.39. The first-order valence-electron chi connectivity index (χ1n) is 7.12. The number of anilines is 2. The molecule has 3 rings (SSSR count). The summed E-state index contributed by atoms with van der Waals surface area (Å²) in [5, 5.41) is 4.57. The van der Waals surface area contributed by atoms with Crippen LogP contribution in [0.1, 0.15) is 19.3 Å². The monoisotopic (exact) mass is 304 g/mol. The summed E-state index contributed by atoms with van der Waals surface area (Å²) in [6.45, 7) is 1.77. The van der Waals surface area contributed by atoms with Crippen molar-refractivity contribution in [2.75, 3.05) is 31.3 Å². The number of nitrogens with one attached hydrogen (secondary N) is 1. The van der Waals surface area contributed by atoms with Crippen LogP contribution in [0.4, 0.5) is 10.8 Å². The molecule has 0 atom stereocenters. The molecule has 2 heterocycles. The Kier molecular flexibility index (Phi) is 4.07. The van der Waals surface area contributed by atoms with E-state index >= 15 is 0 Å². The maximum atomic E-state index is 6.02. The van der Waals surface area contributed by atoms with E-state index in [0.717, 1.165) is 35.7 Å². The highest BCUT2D eigenvalue weighted by Crippen LogP contribution is 2.49. The zero-order valence-electron chi connectivity index (χ0n) is 12.1. The van der Waals surface area contributed by atoms with E-state index < -0.39 is 0 Å². The SMILES string of the molecule is COCCC1(CNc2snc(N)c2-c2cccnc2)CC1. The maximum Gasteiger partial charge on any atom is 0.147 e. The van der Waals surface area contributed by atoms with Gasteiger partial charge in [0, 0.05) is 38.2 Å². The number of nitrogen functional groups attached to an aromatic ring is 1. The molecule has 2 aromatic rings. The summed E-state index contributed by atoms with van der Waals surface area (Å²) in [7, 11) is 1.76. The van der Waals surface area contributed by atoms with E-state index in [1.807, 2.05) is 18.3 Å². The van der Waals surface area contributed by atoms with Crippen LogP contribution >= 0.6 is 11.5 Å². The summed E-state index contributed by atoms with van der Waals surface area (Å²) < 4.78 is 9.48. The van der Waals surface area contributed by atoms with E-state index in [0.29, 0.717) is 11.2 Å². The van der Waals surface area contributed by atoms with Crippen molar-refractivity contribution in [2.24, 2.45) is 5.41 Å². The lowest BCUT2D eigenvalue weighted by Crippen LogP contribution is -2.17. The van der Waals surface area contributed by atoms with Crippen LogP contribution in [0.3, 0.4) is 0 Å². The number of hydrogen-bond donors (Lipinski definition) is 2. The summed E-state index contributed by atoms with van der Waals surface area (Å²) in [4.78, 5) is 4.16. The molecular weight excluding hydrogens is 284 g/mol. The number of rotatable bonds is 7. The third-order valence-electron chi connectivity index (χ3n) is 4.09. The molecule has 1 aliphatic rings. The van der Waals surface area contributed by atoms with Crippen LogP contribution in [0.25, 0.3) is 11.1 Å². The number of hydrogen-bond acceptors (Lipinski definition) is 6. The lowest BCUT2D eigenvalue weighted by molar-refractivity contribution is 0.175. The minimum atomic E-state index is 0.390. The Balaban J connectivity index is 1.72. The van der Waals surface area contributed by atoms with Gasteiger partial charge in [0.1, 0.15) is 10.8 Å². The fraction of sp³-hybridized carbons (Fsp3) is 0.467. The summed E-state index contributed by atoms with van der Waals surface area (Å²) in [6.07, 6.45) is 7.21. The second-order valence-electron chi connectivity index (χ2n) is 5.61. The van der Waals surface area contributed by atoms with Gasteiger partial charge in [0.25, 0.3) is 0 Å². The maximum absolute atomic E-state index is 6.02. The van der Waals surface area contributed by atoms with Gasteiger partial charge in [-0.05, 0) is 42.3 Å². The molecular formula is C15H20N4OS. The summed E-state index contributed by atoms with van der Waals surface area (Å²) in [5.74, 6) is 0.567. The van der Waals surface area contributed by atoms with Gasteiger partial charge in [-0.1, -0.05) is 6.07 Å². The van der Waals surface area contributed by atoms with Gasteiger partial charge in [0.15, 0.2) is 0 Å². The van der Waals surface area contributed by atoms with Crippen molar-refractivity contribution in [3.63, 3.8) is 0 Å².